The normalized spacial score (nSPS) is 11.7. The van der Waals surface area contributed by atoms with Crippen LogP contribution in [0.5, 0.6) is 23.0 Å². The predicted molar refractivity (Wildman–Crippen MR) is 198 cm³/mol. The second-order valence-electron chi connectivity index (χ2n) is 10.6. The van der Waals surface area contributed by atoms with Crippen LogP contribution < -0.4 is 34.9 Å². The Morgan fingerprint density at radius 2 is 1.60 bits per heavy atom. The maximum Gasteiger partial charge on any atom is 0.272 e. The van der Waals surface area contributed by atoms with Crippen LogP contribution in [0, 0.1) is 0 Å². The zero-order valence-electron chi connectivity index (χ0n) is 28.1. The Labute approximate surface area is 298 Å². The molecule has 0 radical (unpaired) electrons. The van der Waals surface area contributed by atoms with Gasteiger partial charge < -0.3 is 34.9 Å². The molecule has 50 heavy (non-hydrogen) atoms. The number of hydrogen-bond donors (Lipinski definition) is 3. The fourth-order valence-electron chi connectivity index (χ4n) is 4.79. The number of nitrogens with one attached hydrogen (secondary N) is 3. The number of rotatable bonds is 14. The highest BCUT2D eigenvalue weighted by Gasteiger charge is 2.20. The molecule has 0 fully saturated rings. The summed E-state index contributed by atoms with van der Waals surface area (Å²) in [6, 6.07) is 24.6. The molecule has 1 unspecified atom stereocenters. The summed E-state index contributed by atoms with van der Waals surface area (Å²) in [5.41, 5.74) is 2.03. The van der Waals surface area contributed by atoms with Gasteiger partial charge in [0.25, 0.3) is 11.8 Å². The molecule has 13 heteroatoms. The maximum atomic E-state index is 13.8. The number of amides is 3. The first-order chi connectivity index (χ1) is 24.2. The molecule has 3 amide bonds. The minimum Gasteiger partial charge on any atom is -0.496 e. The topological polar surface area (TPSA) is 137 Å². The van der Waals surface area contributed by atoms with E-state index in [0.717, 1.165) is 20.9 Å². The molecule has 0 saturated heterocycles. The van der Waals surface area contributed by atoms with E-state index < -0.39 is 17.1 Å². The number of hydrogen-bond acceptors (Lipinski definition) is 10. The highest BCUT2D eigenvalue weighted by molar-refractivity contribution is 8.00. The van der Waals surface area contributed by atoms with Crippen LogP contribution in [0.1, 0.15) is 29.8 Å². The first-order valence-electron chi connectivity index (χ1n) is 15.5. The van der Waals surface area contributed by atoms with Gasteiger partial charge in [-0.25, -0.2) is 4.98 Å². The van der Waals surface area contributed by atoms with Gasteiger partial charge in [0.15, 0.2) is 16.6 Å². The summed E-state index contributed by atoms with van der Waals surface area (Å²) >= 11 is 2.70. The molecule has 4 aromatic carbocycles. The molecule has 1 aromatic heterocycles. The third-order valence-electron chi connectivity index (χ3n) is 7.24. The Morgan fingerprint density at radius 1 is 0.860 bits per heavy atom. The molecule has 0 saturated carbocycles. The van der Waals surface area contributed by atoms with Gasteiger partial charge in [-0.1, -0.05) is 35.6 Å². The van der Waals surface area contributed by atoms with E-state index in [0.29, 0.717) is 45.8 Å². The number of thioether (sulfide) groups is 1. The Bertz CT molecular complexity index is 2030. The Kier molecular flexibility index (Phi) is 12.0. The van der Waals surface area contributed by atoms with Gasteiger partial charge in [0.1, 0.15) is 17.2 Å². The van der Waals surface area contributed by atoms with Gasteiger partial charge in [-0.05, 0) is 74.5 Å². The van der Waals surface area contributed by atoms with Gasteiger partial charge in [-0.2, -0.15) is 0 Å². The molecule has 0 aliphatic heterocycles. The number of anilines is 2. The molecule has 5 rings (SSSR count). The van der Waals surface area contributed by atoms with Crippen molar-refractivity contribution >= 4 is 67.9 Å². The second-order valence-corrected chi connectivity index (χ2v) is 13.1. The summed E-state index contributed by atoms with van der Waals surface area (Å²) < 4.78 is 22.9. The largest absolute Gasteiger partial charge is 0.496 e. The lowest BCUT2D eigenvalue weighted by Gasteiger charge is -2.15. The fourth-order valence-corrected chi connectivity index (χ4v) is 6.61. The Hall–Kier alpha value is -5.53. The molecule has 0 aliphatic carbocycles. The van der Waals surface area contributed by atoms with Gasteiger partial charge in [0, 0.05) is 27.8 Å². The monoisotopic (exact) mass is 712 g/mol. The third kappa shape index (κ3) is 8.92. The van der Waals surface area contributed by atoms with E-state index in [1.165, 1.54) is 50.5 Å². The molecule has 1 atom stereocenters. The molecule has 0 bridgehead atoms. The number of aromatic nitrogens is 1. The Morgan fingerprint density at radius 3 is 2.32 bits per heavy atom. The maximum absolute atomic E-state index is 13.8. The van der Waals surface area contributed by atoms with Gasteiger partial charge in [0.05, 0.1) is 43.4 Å². The van der Waals surface area contributed by atoms with E-state index in [2.05, 4.69) is 20.9 Å². The summed E-state index contributed by atoms with van der Waals surface area (Å²) in [6.07, 6.45) is 1.50. The second kappa shape index (κ2) is 16.7. The summed E-state index contributed by atoms with van der Waals surface area (Å²) in [7, 11) is 4.49. The summed E-state index contributed by atoms with van der Waals surface area (Å²) in [5.74, 6) is 0.727. The summed E-state index contributed by atoms with van der Waals surface area (Å²) in [4.78, 5) is 45.3. The van der Waals surface area contributed by atoms with Crippen molar-refractivity contribution in [1.82, 2.24) is 10.3 Å². The minimum atomic E-state index is -0.581. The molecule has 258 valence electrons. The van der Waals surface area contributed by atoms with E-state index in [4.69, 9.17) is 18.9 Å². The Balaban J connectivity index is 1.33. The van der Waals surface area contributed by atoms with Crippen LogP contribution >= 0.6 is 23.1 Å². The van der Waals surface area contributed by atoms with Crippen LogP contribution in [0.4, 0.5) is 10.8 Å². The standard InChI is InChI=1S/C37H36N4O7S2/c1-6-48-26-15-16-28-33(20-26)50-37(40-28)41-34(42)22(2)49-27-14-10-13-25(19-27)38-36(44)29(39-35(43)23-11-8-7-9-12-23)17-24-18-31(46-4)32(47-5)21-30(24)45-3/h7-22H,6H2,1-5H3,(H,38,44)(H,39,43)(H,40,41,42)/b29-17+. The highest BCUT2D eigenvalue weighted by Crippen LogP contribution is 2.36. The number of carbonyl (C=O) groups excluding carboxylic acids is 3. The number of fused-ring (bicyclic) bond motifs is 1. The van der Waals surface area contributed by atoms with Crippen molar-refractivity contribution in [1.29, 1.82) is 0 Å². The van der Waals surface area contributed by atoms with Crippen LogP contribution in [0.15, 0.2) is 95.5 Å². The average molecular weight is 713 g/mol. The molecule has 0 spiro atoms. The number of carbonyl (C=O) groups is 3. The SMILES string of the molecule is CCOc1ccc2nc(NC(=O)C(C)Sc3cccc(NC(=O)/C(=C\c4cc(OC)c(OC)cc4OC)NC(=O)c4ccccc4)c3)sc2c1. The fraction of sp³-hybridized carbons (Fsp3) is 0.189. The highest BCUT2D eigenvalue weighted by atomic mass is 32.2. The molecule has 11 nitrogen and oxygen atoms in total. The van der Waals surface area contributed by atoms with Crippen molar-refractivity contribution in [3.05, 3.63) is 102 Å². The quantitative estimate of drug-likeness (QED) is 0.0803. The summed E-state index contributed by atoms with van der Waals surface area (Å²) in [5, 5.41) is 8.52. The minimum absolute atomic E-state index is 0.0422. The van der Waals surface area contributed by atoms with Crippen LogP contribution in [-0.4, -0.2) is 55.9 Å². The smallest absolute Gasteiger partial charge is 0.272 e. The van der Waals surface area contributed by atoms with E-state index in [1.54, 1.807) is 67.6 Å². The number of thiazole rings is 1. The lowest BCUT2D eigenvalue weighted by molar-refractivity contribution is -0.115. The zero-order chi connectivity index (χ0) is 35.6. The van der Waals surface area contributed by atoms with Crippen LogP contribution in [0.25, 0.3) is 16.3 Å². The molecular weight excluding hydrogens is 677 g/mol. The van der Waals surface area contributed by atoms with Crippen molar-refractivity contribution < 1.29 is 33.3 Å². The predicted octanol–water partition coefficient (Wildman–Crippen LogP) is 7.25. The molecule has 1 heterocycles. The first-order valence-corrected chi connectivity index (χ1v) is 17.2. The number of nitrogens with zero attached hydrogens (tertiary/aromatic N) is 1. The summed E-state index contributed by atoms with van der Waals surface area (Å²) in [6.45, 7) is 4.28. The molecule has 3 N–H and O–H groups in total. The van der Waals surface area contributed by atoms with E-state index >= 15 is 0 Å². The van der Waals surface area contributed by atoms with Crippen molar-refractivity contribution in [3.8, 4) is 23.0 Å². The van der Waals surface area contributed by atoms with E-state index in [9.17, 15) is 14.4 Å². The number of ether oxygens (including phenoxy) is 4. The van der Waals surface area contributed by atoms with Gasteiger partial charge in [-0.15, -0.1) is 11.8 Å². The average Bonchev–Trinajstić information content (AvgIpc) is 3.53. The van der Waals surface area contributed by atoms with E-state index in [-0.39, 0.29) is 11.6 Å². The lowest BCUT2D eigenvalue weighted by atomic mass is 10.1. The molecule has 5 aromatic rings. The number of benzene rings is 4. The van der Waals surface area contributed by atoms with Gasteiger partial charge in [0.2, 0.25) is 5.91 Å². The zero-order valence-corrected chi connectivity index (χ0v) is 29.7. The first kappa shape index (κ1) is 35.8. The van der Waals surface area contributed by atoms with Crippen molar-refractivity contribution in [2.75, 3.05) is 38.6 Å². The molecular formula is C37H36N4O7S2. The lowest BCUT2D eigenvalue weighted by Crippen LogP contribution is -2.30. The third-order valence-corrected chi connectivity index (χ3v) is 9.27. The van der Waals surface area contributed by atoms with Gasteiger partial charge in [-0.3, -0.25) is 14.4 Å². The number of methoxy groups -OCH3 is 3. The van der Waals surface area contributed by atoms with Crippen molar-refractivity contribution in [2.24, 2.45) is 0 Å². The van der Waals surface area contributed by atoms with Crippen LogP contribution in [0.3, 0.4) is 0 Å². The van der Waals surface area contributed by atoms with Crippen LogP contribution in [-0.2, 0) is 9.59 Å². The molecule has 0 aliphatic rings. The van der Waals surface area contributed by atoms with Crippen molar-refractivity contribution in [3.63, 3.8) is 0 Å². The van der Waals surface area contributed by atoms with Crippen molar-refractivity contribution in [2.45, 2.75) is 24.0 Å². The van der Waals surface area contributed by atoms with E-state index in [1.807, 2.05) is 31.2 Å². The van der Waals surface area contributed by atoms with Gasteiger partial charge >= 0.3 is 0 Å². The van der Waals surface area contributed by atoms with Crippen LogP contribution in [0.2, 0.25) is 0 Å².